The molecule has 0 unspecified atom stereocenters. The average Bonchev–Trinajstić information content (AvgIpc) is 3.06. The molecule has 4 atom stereocenters. The van der Waals surface area contributed by atoms with Crippen LogP contribution in [0.3, 0.4) is 0 Å². The van der Waals surface area contributed by atoms with Gasteiger partial charge in [0.1, 0.15) is 11.5 Å². The summed E-state index contributed by atoms with van der Waals surface area (Å²) < 4.78 is 47.0. The van der Waals surface area contributed by atoms with Crippen molar-refractivity contribution in [2.45, 2.75) is 69.7 Å². The second kappa shape index (κ2) is 16.9. The topological polar surface area (TPSA) is 131 Å². The van der Waals surface area contributed by atoms with E-state index in [1.807, 2.05) is 26.1 Å². The number of hydrogen-bond donors (Lipinski definition) is 2. The molecular weight excluding hydrogens is 620 g/mol. The molecule has 4 rings (SSSR count). The molecule has 3 aromatic rings. The van der Waals surface area contributed by atoms with E-state index >= 15 is 0 Å². The summed E-state index contributed by atoms with van der Waals surface area (Å²) in [6.07, 6.45) is 5.68. The van der Waals surface area contributed by atoms with E-state index in [1.54, 1.807) is 48.5 Å². The van der Waals surface area contributed by atoms with Crippen LogP contribution in [0.1, 0.15) is 56.0 Å². The zero-order chi connectivity index (χ0) is 34.0. The van der Waals surface area contributed by atoms with E-state index in [2.05, 4.69) is 21.5 Å². The van der Waals surface area contributed by atoms with Gasteiger partial charge in [-0.15, -0.1) is 0 Å². The summed E-state index contributed by atoms with van der Waals surface area (Å²) >= 11 is 0. The van der Waals surface area contributed by atoms with Gasteiger partial charge in [-0.2, -0.15) is 0 Å². The molecular formula is C35H48N4O7S. The quantitative estimate of drug-likeness (QED) is 0.312. The number of carbonyl (C=O) groups is 1. The lowest BCUT2D eigenvalue weighted by Gasteiger charge is -2.36. The van der Waals surface area contributed by atoms with Crippen molar-refractivity contribution >= 4 is 21.6 Å². The van der Waals surface area contributed by atoms with Gasteiger partial charge in [0.05, 0.1) is 42.4 Å². The molecule has 12 heteroatoms. The van der Waals surface area contributed by atoms with Crippen LogP contribution in [0.25, 0.3) is 0 Å². The third-order valence-corrected chi connectivity index (χ3v) is 9.76. The van der Waals surface area contributed by atoms with E-state index in [9.17, 15) is 18.3 Å². The molecule has 256 valence electrons. The predicted molar refractivity (Wildman–Crippen MR) is 181 cm³/mol. The zero-order valence-electron chi connectivity index (χ0n) is 28.0. The summed E-state index contributed by atoms with van der Waals surface area (Å²) in [6, 6.07) is 14.2. The lowest BCUT2D eigenvalue weighted by atomic mass is 10.0. The van der Waals surface area contributed by atoms with Gasteiger partial charge in [0.25, 0.3) is 15.9 Å². The van der Waals surface area contributed by atoms with Crippen molar-refractivity contribution in [2.24, 2.45) is 5.92 Å². The molecule has 0 saturated heterocycles. The second-order valence-electron chi connectivity index (χ2n) is 12.3. The SMILES string of the molecule is COc1ccc(S(=O)(=O)Nc2ccc3c(c2)C(=O)N([C@@H](C)CO)C[C@H](C)[C@@H](CN(C)Cc2ccncc2)OCCCC[C@H](C)O3)cc1. The molecule has 47 heavy (non-hydrogen) atoms. The van der Waals surface area contributed by atoms with Crippen molar-refractivity contribution in [3.05, 3.63) is 78.1 Å². The molecule has 0 bridgehead atoms. The van der Waals surface area contributed by atoms with E-state index in [4.69, 9.17) is 14.2 Å². The number of sulfonamides is 1. The first-order valence-corrected chi connectivity index (χ1v) is 17.6. The van der Waals surface area contributed by atoms with Gasteiger partial charge in [-0.3, -0.25) is 19.4 Å². The summed E-state index contributed by atoms with van der Waals surface area (Å²) in [6.45, 7) is 7.82. The number of likely N-dealkylation sites (N-methyl/N-ethyl adjacent to an activating group) is 1. The van der Waals surface area contributed by atoms with Crippen LogP contribution < -0.4 is 14.2 Å². The van der Waals surface area contributed by atoms with Crippen molar-refractivity contribution in [3.8, 4) is 11.5 Å². The number of aliphatic hydroxyl groups excluding tert-OH is 1. The minimum Gasteiger partial charge on any atom is -0.497 e. The summed E-state index contributed by atoms with van der Waals surface area (Å²) in [7, 11) is -0.408. The average molecular weight is 669 g/mol. The van der Waals surface area contributed by atoms with Crippen LogP contribution in [-0.2, 0) is 21.3 Å². The lowest BCUT2D eigenvalue weighted by molar-refractivity contribution is -0.0177. The molecule has 2 aromatic carbocycles. The highest BCUT2D eigenvalue weighted by atomic mass is 32.2. The number of methoxy groups -OCH3 is 1. The molecule has 0 aliphatic carbocycles. The summed E-state index contributed by atoms with van der Waals surface area (Å²) in [4.78, 5) is 22.4. The monoisotopic (exact) mass is 668 g/mol. The summed E-state index contributed by atoms with van der Waals surface area (Å²) in [5.74, 6) is 0.440. The number of rotatable bonds is 10. The smallest absolute Gasteiger partial charge is 0.261 e. The highest BCUT2D eigenvalue weighted by Crippen LogP contribution is 2.30. The molecule has 0 radical (unpaired) electrons. The number of pyridine rings is 1. The molecule has 0 fully saturated rings. The van der Waals surface area contributed by atoms with Crippen LogP contribution in [0.15, 0.2) is 71.9 Å². The number of fused-ring (bicyclic) bond motifs is 1. The summed E-state index contributed by atoms with van der Waals surface area (Å²) in [5.41, 5.74) is 1.57. The molecule has 2 N–H and O–H groups in total. The maximum Gasteiger partial charge on any atom is 0.261 e. The fourth-order valence-electron chi connectivity index (χ4n) is 5.59. The molecule has 2 heterocycles. The van der Waals surface area contributed by atoms with Gasteiger partial charge in [-0.05, 0) is 100 Å². The lowest BCUT2D eigenvalue weighted by Crippen LogP contribution is -2.47. The third kappa shape index (κ3) is 10.1. The number of aromatic nitrogens is 1. The number of nitrogens with one attached hydrogen (secondary N) is 1. The Labute approximate surface area is 278 Å². The number of carbonyl (C=O) groups excluding carboxylic acids is 1. The number of aliphatic hydroxyl groups is 1. The maximum atomic E-state index is 14.4. The van der Waals surface area contributed by atoms with Crippen LogP contribution in [0.5, 0.6) is 11.5 Å². The first kappa shape index (κ1) is 36.1. The number of nitrogens with zero attached hydrogens (tertiary/aromatic N) is 3. The fraction of sp³-hybridized carbons (Fsp3) is 0.486. The molecule has 1 aromatic heterocycles. The normalized spacial score (nSPS) is 20.5. The van der Waals surface area contributed by atoms with E-state index in [-0.39, 0.29) is 46.8 Å². The van der Waals surface area contributed by atoms with Crippen LogP contribution in [0.4, 0.5) is 5.69 Å². The van der Waals surface area contributed by atoms with Crippen molar-refractivity contribution in [3.63, 3.8) is 0 Å². The van der Waals surface area contributed by atoms with Gasteiger partial charge < -0.3 is 24.2 Å². The van der Waals surface area contributed by atoms with Gasteiger partial charge in [-0.25, -0.2) is 8.42 Å². The van der Waals surface area contributed by atoms with Crippen LogP contribution >= 0.6 is 0 Å². The number of ether oxygens (including phenoxy) is 3. The minimum absolute atomic E-state index is 0.0545. The van der Waals surface area contributed by atoms with E-state index in [0.717, 1.165) is 31.4 Å². The maximum absolute atomic E-state index is 14.4. The Hall–Kier alpha value is -3.71. The second-order valence-corrected chi connectivity index (χ2v) is 14.0. The number of hydrogen-bond acceptors (Lipinski definition) is 9. The standard InChI is InChI=1S/C35H48N4O7S/c1-25-21-39(26(2)24-40)35(41)32-20-29(37-47(42,43)31-12-10-30(44-5)11-13-31)9-14-33(32)46-27(3)8-6-7-19-45-34(25)23-38(4)22-28-15-17-36-18-16-28/h9-18,20,25-27,34,37,40H,6-8,19,21-24H2,1-5H3/t25-,26-,27-,34+/m0/s1. The number of benzene rings is 2. The van der Waals surface area contributed by atoms with E-state index in [1.165, 1.54) is 25.3 Å². The van der Waals surface area contributed by atoms with Gasteiger partial charge in [-0.1, -0.05) is 6.92 Å². The third-order valence-electron chi connectivity index (χ3n) is 8.37. The Balaban J connectivity index is 1.64. The first-order valence-electron chi connectivity index (χ1n) is 16.1. The predicted octanol–water partition coefficient (Wildman–Crippen LogP) is 4.82. The van der Waals surface area contributed by atoms with Crippen molar-refractivity contribution in [2.75, 3.05) is 45.2 Å². The Morgan fingerprint density at radius 1 is 1.11 bits per heavy atom. The van der Waals surface area contributed by atoms with Crippen LogP contribution in [0, 0.1) is 5.92 Å². The van der Waals surface area contributed by atoms with Crippen molar-refractivity contribution in [1.82, 2.24) is 14.8 Å². The fourth-order valence-corrected chi connectivity index (χ4v) is 6.64. The van der Waals surface area contributed by atoms with Crippen molar-refractivity contribution < 1.29 is 32.5 Å². The Morgan fingerprint density at radius 3 is 2.51 bits per heavy atom. The van der Waals surface area contributed by atoms with Gasteiger partial charge in [0.2, 0.25) is 0 Å². The summed E-state index contributed by atoms with van der Waals surface area (Å²) in [5, 5.41) is 10.2. The van der Waals surface area contributed by atoms with E-state index in [0.29, 0.717) is 31.2 Å². The number of anilines is 1. The highest BCUT2D eigenvalue weighted by Gasteiger charge is 2.30. The largest absolute Gasteiger partial charge is 0.497 e. The van der Waals surface area contributed by atoms with E-state index < -0.39 is 16.1 Å². The Kier molecular flexibility index (Phi) is 13.0. The molecule has 1 aliphatic heterocycles. The first-order chi connectivity index (χ1) is 22.5. The number of amides is 1. The van der Waals surface area contributed by atoms with Gasteiger partial charge in [0.15, 0.2) is 0 Å². The highest BCUT2D eigenvalue weighted by molar-refractivity contribution is 7.92. The van der Waals surface area contributed by atoms with Gasteiger partial charge >= 0.3 is 0 Å². The van der Waals surface area contributed by atoms with Crippen LogP contribution in [0.2, 0.25) is 0 Å². The van der Waals surface area contributed by atoms with Crippen LogP contribution in [-0.4, -0.2) is 92.9 Å². The molecule has 1 amide bonds. The molecule has 1 aliphatic rings. The van der Waals surface area contributed by atoms with Crippen molar-refractivity contribution in [1.29, 1.82) is 0 Å². The van der Waals surface area contributed by atoms with Gasteiger partial charge in [0, 0.05) is 50.2 Å². The molecule has 0 spiro atoms. The minimum atomic E-state index is -3.96. The zero-order valence-corrected chi connectivity index (χ0v) is 28.8. The molecule has 11 nitrogen and oxygen atoms in total. The molecule has 0 saturated carbocycles. The Morgan fingerprint density at radius 2 is 1.83 bits per heavy atom. The Bertz CT molecular complexity index is 1540.